The standard InChI is InChI=1S/C29H26F3N3O4S/c1-35(14-24-16-40-17-34-24)13-22-10-20(21-6-8-26-27(11-21)39-18-38-26)5-7-25(22)37-15-28(36)33-12-19-3-2-4-23(9-19)29(30,31)32/h2-11,16-17H,12-15,18H2,1H3,(H,33,36). The number of carbonyl (C=O) groups excluding carboxylic acids is 1. The van der Waals surface area contributed by atoms with Crippen molar-refractivity contribution in [2.75, 3.05) is 20.4 Å². The molecule has 40 heavy (non-hydrogen) atoms. The van der Waals surface area contributed by atoms with Gasteiger partial charge < -0.3 is 19.5 Å². The van der Waals surface area contributed by atoms with E-state index in [1.807, 2.05) is 48.8 Å². The summed E-state index contributed by atoms with van der Waals surface area (Å²) in [6, 6.07) is 16.3. The molecular formula is C29H26F3N3O4S. The van der Waals surface area contributed by atoms with E-state index in [0.29, 0.717) is 35.9 Å². The summed E-state index contributed by atoms with van der Waals surface area (Å²) in [6.45, 7) is 1.02. The Labute approximate surface area is 233 Å². The van der Waals surface area contributed by atoms with Gasteiger partial charge in [-0.1, -0.05) is 24.3 Å². The SMILES string of the molecule is CN(Cc1cscn1)Cc1cc(-c2ccc3c(c2)OCO3)ccc1OCC(=O)NCc1cccc(C(F)(F)F)c1. The monoisotopic (exact) mass is 569 g/mol. The van der Waals surface area contributed by atoms with Gasteiger partial charge in [-0.3, -0.25) is 9.69 Å². The fourth-order valence-corrected chi connectivity index (χ4v) is 4.84. The summed E-state index contributed by atoms with van der Waals surface area (Å²) in [7, 11) is 1.97. The maximum absolute atomic E-state index is 13.0. The van der Waals surface area contributed by atoms with Crippen molar-refractivity contribution in [2.45, 2.75) is 25.8 Å². The van der Waals surface area contributed by atoms with Crippen LogP contribution in [0.5, 0.6) is 17.2 Å². The number of rotatable bonds is 10. The molecule has 0 bridgehead atoms. The predicted molar refractivity (Wildman–Crippen MR) is 144 cm³/mol. The predicted octanol–water partition coefficient (Wildman–Crippen LogP) is 5.88. The third kappa shape index (κ3) is 6.91. The van der Waals surface area contributed by atoms with Crippen LogP contribution in [0.4, 0.5) is 13.2 Å². The molecule has 5 rings (SSSR count). The molecule has 0 aliphatic carbocycles. The lowest BCUT2D eigenvalue weighted by Crippen LogP contribution is -2.29. The van der Waals surface area contributed by atoms with E-state index in [4.69, 9.17) is 14.2 Å². The molecule has 2 heterocycles. The maximum atomic E-state index is 13.0. The van der Waals surface area contributed by atoms with Gasteiger partial charge in [-0.2, -0.15) is 13.2 Å². The van der Waals surface area contributed by atoms with Crippen molar-refractivity contribution in [1.29, 1.82) is 0 Å². The molecule has 1 amide bonds. The van der Waals surface area contributed by atoms with Gasteiger partial charge in [0.2, 0.25) is 6.79 Å². The van der Waals surface area contributed by atoms with Gasteiger partial charge in [-0.15, -0.1) is 11.3 Å². The van der Waals surface area contributed by atoms with E-state index < -0.39 is 17.6 Å². The molecule has 7 nitrogen and oxygen atoms in total. The molecule has 208 valence electrons. The minimum atomic E-state index is -4.45. The number of benzene rings is 3. The molecule has 1 aromatic heterocycles. The Hall–Kier alpha value is -4.09. The molecule has 0 unspecified atom stereocenters. The lowest BCUT2D eigenvalue weighted by Gasteiger charge is -2.19. The number of fused-ring (bicyclic) bond motifs is 1. The smallest absolute Gasteiger partial charge is 0.416 e. The highest BCUT2D eigenvalue weighted by atomic mass is 32.1. The fourth-order valence-electron chi connectivity index (χ4n) is 4.29. The average molecular weight is 570 g/mol. The summed E-state index contributed by atoms with van der Waals surface area (Å²) in [5, 5.41) is 4.62. The van der Waals surface area contributed by atoms with E-state index in [1.54, 1.807) is 5.51 Å². The Morgan fingerprint density at radius 3 is 2.65 bits per heavy atom. The fraction of sp³-hybridized carbons (Fsp3) is 0.241. The van der Waals surface area contributed by atoms with Crippen molar-refractivity contribution in [2.24, 2.45) is 0 Å². The summed E-state index contributed by atoms with van der Waals surface area (Å²) in [4.78, 5) is 19.0. The van der Waals surface area contributed by atoms with Crippen LogP contribution in [0.2, 0.25) is 0 Å². The molecule has 1 aliphatic rings. The van der Waals surface area contributed by atoms with Crippen LogP contribution in [-0.2, 0) is 30.6 Å². The number of nitrogens with one attached hydrogen (secondary N) is 1. The van der Waals surface area contributed by atoms with Gasteiger partial charge in [0.1, 0.15) is 5.75 Å². The van der Waals surface area contributed by atoms with Crippen LogP contribution >= 0.6 is 11.3 Å². The summed E-state index contributed by atoms with van der Waals surface area (Å²) in [5.74, 6) is 1.46. The Kier molecular flexibility index (Phi) is 8.22. The van der Waals surface area contributed by atoms with E-state index in [2.05, 4.69) is 15.2 Å². The largest absolute Gasteiger partial charge is 0.483 e. The maximum Gasteiger partial charge on any atom is 0.416 e. The summed E-state index contributed by atoms with van der Waals surface area (Å²) in [5.41, 5.74) is 5.07. The Balaban J connectivity index is 1.28. The molecule has 3 aromatic carbocycles. The molecule has 1 aliphatic heterocycles. The molecule has 0 fully saturated rings. The highest BCUT2D eigenvalue weighted by Gasteiger charge is 2.30. The summed E-state index contributed by atoms with van der Waals surface area (Å²) >= 11 is 1.53. The minimum absolute atomic E-state index is 0.0433. The van der Waals surface area contributed by atoms with Crippen molar-refractivity contribution in [1.82, 2.24) is 15.2 Å². The van der Waals surface area contributed by atoms with Gasteiger partial charge in [0, 0.05) is 30.6 Å². The number of carbonyl (C=O) groups is 1. The first-order valence-corrected chi connectivity index (χ1v) is 13.3. The molecule has 0 spiro atoms. The zero-order chi connectivity index (χ0) is 28.1. The summed E-state index contributed by atoms with van der Waals surface area (Å²) in [6.07, 6.45) is -4.45. The van der Waals surface area contributed by atoms with E-state index in [1.165, 1.54) is 23.5 Å². The molecule has 0 atom stereocenters. The van der Waals surface area contributed by atoms with E-state index in [9.17, 15) is 18.0 Å². The third-order valence-electron chi connectivity index (χ3n) is 6.22. The summed E-state index contributed by atoms with van der Waals surface area (Å²) < 4.78 is 55.8. The number of ether oxygens (including phenoxy) is 3. The molecule has 11 heteroatoms. The number of halogens is 3. The Morgan fingerprint density at radius 1 is 1.05 bits per heavy atom. The number of nitrogens with zero attached hydrogens (tertiary/aromatic N) is 2. The first-order chi connectivity index (χ1) is 19.2. The van der Waals surface area contributed by atoms with E-state index in [-0.39, 0.29) is 19.9 Å². The molecule has 4 aromatic rings. The van der Waals surface area contributed by atoms with Crippen LogP contribution in [0.1, 0.15) is 22.4 Å². The zero-order valence-electron chi connectivity index (χ0n) is 21.5. The first kappa shape index (κ1) is 27.5. The van der Waals surface area contributed by atoms with Crippen LogP contribution in [0.15, 0.2) is 71.6 Å². The van der Waals surface area contributed by atoms with Crippen molar-refractivity contribution in [3.05, 3.63) is 93.9 Å². The zero-order valence-corrected chi connectivity index (χ0v) is 22.3. The second-order valence-corrected chi connectivity index (χ2v) is 10.0. The molecule has 0 saturated heterocycles. The first-order valence-electron chi connectivity index (χ1n) is 12.4. The minimum Gasteiger partial charge on any atom is -0.483 e. The van der Waals surface area contributed by atoms with Crippen molar-refractivity contribution in [3.63, 3.8) is 0 Å². The highest BCUT2D eigenvalue weighted by molar-refractivity contribution is 7.07. The number of alkyl halides is 3. The molecule has 0 saturated carbocycles. The number of aromatic nitrogens is 1. The Morgan fingerprint density at radius 2 is 1.85 bits per heavy atom. The van der Waals surface area contributed by atoms with Gasteiger partial charge in [-0.05, 0) is 60.1 Å². The normalized spacial score (nSPS) is 12.5. The van der Waals surface area contributed by atoms with Gasteiger partial charge in [0.05, 0.1) is 16.8 Å². The van der Waals surface area contributed by atoms with Crippen LogP contribution in [0.25, 0.3) is 11.1 Å². The quantitative estimate of drug-likeness (QED) is 0.257. The average Bonchev–Trinajstić information content (AvgIpc) is 3.62. The van der Waals surface area contributed by atoms with Crippen molar-refractivity contribution >= 4 is 17.2 Å². The van der Waals surface area contributed by atoms with Crippen molar-refractivity contribution < 1.29 is 32.2 Å². The molecule has 1 N–H and O–H groups in total. The van der Waals surface area contributed by atoms with Crippen molar-refractivity contribution in [3.8, 4) is 28.4 Å². The van der Waals surface area contributed by atoms with Crippen LogP contribution in [0, 0.1) is 0 Å². The number of amides is 1. The molecule has 0 radical (unpaired) electrons. The lowest BCUT2D eigenvalue weighted by atomic mass is 10.0. The third-order valence-corrected chi connectivity index (χ3v) is 6.86. The lowest BCUT2D eigenvalue weighted by molar-refractivity contribution is -0.137. The van der Waals surface area contributed by atoms with Crippen LogP contribution in [0.3, 0.4) is 0 Å². The Bertz CT molecular complexity index is 1480. The number of hydrogen-bond acceptors (Lipinski definition) is 7. The van der Waals surface area contributed by atoms with Crippen LogP contribution < -0.4 is 19.5 Å². The van der Waals surface area contributed by atoms with Gasteiger partial charge in [0.15, 0.2) is 18.1 Å². The van der Waals surface area contributed by atoms with Gasteiger partial charge in [-0.25, -0.2) is 4.98 Å². The highest BCUT2D eigenvalue weighted by Crippen LogP contribution is 2.37. The van der Waals surface area contributed by atoms with Gasteiger partial charge >= 0.3 is 6.18 Å². The number of hydrogen-bond donors (Lipinski definition) is 1. The topological polar surface area (TPSA) is 72.9 Å². The van der Waals surface area contributed by atoms with E-state index in [0.717, 1.165) is 34.5 Å². The van der Waals surface area contributed by atoms with E-state index >= 15 is 0 Å². The molecular weight excluding hydrogens is 543 g/mol. The second kappa shape index (κ2) is 12.0. The van der Waals surface area contributed by atoms with Crippen LogP contribution in [-0.4, -0.2) is 36.2 Å². The number of thiazole rings is 1. The second-order valence-electron chi connectivity index (χ2n) is 9.31. The van der Waals surface area contributed by atoms with Gasteiger partial charge in [0.25, 0.3) is 5.91 Å².